The molecule has 1 aliphatic heterocycles. The molecule has 0 unspecified atom stereocenters. The third-order valence-corrected chi connectivity index (χ3v) is 5.28. The van der Waals surface area contributed by atoms with E-state index in [1.54, 1.807) is 17.9 Å². The molecular weight excluding hydrogens is 362 g/mol. The van der Waals surface area contributed by atoms with Crippen molar-refractivity contribution in [1.82, 2.24) is 34.1 Å². The van der Waals surface area contributed by atoms with Crippen LogP contribution in [0, 0.1) is 0 Å². The molecule has 3 aromatic rings. The molecule has 1 N–H and O–H groups in total. The maximum atomic E-state index is 12.1. The maximum absolute atomic E-state index is 12.1. The number of nitrogens with zero attached hydrogens (tertiary/aromatic N) is 6. The molecule has 150 valence electrons. The number of piperidine rings is 1. The molecule has 0 amide bonds. The van der Waals surface area contributed by atoms with E-state index >= 15 is 0 Å². The molecule has 0 bridgehead atoms. The van der Waals surface area contributed by atoms with E-state index in [2.05, 4.69) is 25.0 Å². The fourth-order valence-corrected chi connectivity index (χ4v) is 3.69. The van der Waals surface area contributed by atoms with Gasteiger partial charge in [0.1, 0.15) is 0 Å². The van der Waals surface area contributed by atoms with Crippen LogP contribution in [0.15, 0.2) is 20.4 Å². The van der Waals surface area contributed by atoms with Crippen molar-refractivity contribution in [1.29, 1.82) is 0 Å². The summed E-state index contributed by atoms with van der Waals surface area (Å²) in [5.41, 5.74) is -0.104. The summed E-state index contributed by atoms with van der Waals surface area (Å²) in [5, 5.41) is 4.06. The predicted molar refractivity (Wildman–Crippen MR) is 102 cm³/mol. The van der Waals surface area contributed by atoms with Crippen molar-refractivity contribution in [2.45, 2.75) is 45.1 Å². The number of fused-ring (bicyclic) bond motifs is 1. The van der Waals surface area contributed by atoms with Gasteiger partial charge in [-0.1, -0.05) is 11.6 Å². The highest BCUT2D eigenvalue weighted by Gasteiger charge is 2.14. The molecular formula is C18H25N7O3. The van der Waals surface area contributed by atoms with Gasteiger partial charge in [-0.05, 0) is 32.4 Å². The lowest BCUT2D eigenvalue weighted by molar-refractivity contribution is 0.223. The van der Waals surface area contributed by atoms with Gasteiger partial charge >= 0.3 is 5.69 Å². The minimum atomic E-state index is -0.466. The number of aryl methyl sites for hydroxylation is 3. The first-order valence-electron chi connectivity index (χ1n) is 9.80. The Balaban J connectivity index is 1.33. The van der Waals surface area contributed by atoms with Gasteiger partial charge in [0.2, 0.25) is 5.89 Å². The second-order valence-corrected chi connectivity index (χ2v) is 7.29. The largest absolute Gasteiger partial charge is 0.339 e. The van der Waals surface area contributed by atoms with Gasteiger partial charge in [-0.25, -0.2) is 9.78 Å². The Bertz CT molecular complexity index is 1060. The van der Waals surface area contributed by atoms with Crippen LogP contribution in [0.4, 0.5) is 0 Å². The van der Waals surface area contributed by atoms with Crippen LogP contribution in [0.3, 0.4) is 0 Å². The third kappa shape index (κ3) is 3.91. The number of hydrogen-bond donors (Lipinski definition) is 1. The highest BCUT2D eigenvalue weighted by Crippen LogP contribution is 2.11. The van der Waals surface area contributed by atoms with Crippen molar-refractivity contribution in [2.75, 3.05) is 19.6 Å². The Morgan fingerprint density at radius 3 is 2.79 bits per heavy atom. The first-order valence-corrected chi connectivity index (χ1v) is 9.80. The van der Waals surface area contributed by atoms with E-state index in [4.69, 9.17) is 4.52 Å². The van der Waals surface area contributed by atoms with E-state index in [9.17, 15) is 9.59 Å². The summed E-state index contributed by atoms with van der Waals surface area (Å²) in [5.74, 6) is 1.36. The zero-order chi connectivity index (χ0) is 19.5. The SMILES string of the molecule is Cn1c(=O)[nH]c(=O)c2c1ncn2CCCc1noc(CCN2CCCCC2)n1. The molecule has 0 spiro atoms. The highest BCUT2D eigenvalue weighted by atomic mass is 16.5. The van der Waals surface area contributed by atoms with Crippen molar-refractivity contribution in [2.24, 2.45) is 7.05 Å². The zero-order valence-corrected chi connectivity index (χ0v) is 16.1. The summed E-state index contributed by atoms with van der Waals surface area (Å²) in [4.78, 5) is 37.2. The van der Waals surface area contributed by atoms with Crippen molar-refractivity contribution in [3.05, 3.63) is 38.9 Å². The van der Waals surface area contributed by atoms with Crippen molar-refractivity contribution in [3.63, 3.8) is 0 Å². The molecule has 0 saturated carbocycles. The van der Waals surface area contributed by atoms with Gasteiger partial charge in [0, 0.05) is 33.0 Å². The Kier molecular flexibility index (Phi) is 5.38. The number of H-pyrrole nitrogens is 1. The molecule has 1 fully saturated rings. The predicted octanol–water partition coefficient (Wildman–Crippen LogP) is 0.467. The van der Waals surface area contributed by atoms with Gasteiger partial charge in [0.15, 0.2) is 17.0 Å². The zero-order valence-electron chi connectivity index (χ0n) is 16.1. The number of likely N-dealkylation sites (tertiary alicyclic amines) is 1. The Morgan fingerprint density at radius 1 is 1.14 bits per heavy atom. The minimum Gasteiger partial charge on any atom is -0.339 e. The van der Waals surface area contributed by atoms with Crippen LogP contribution in [0.25, 0.3) is 11.2 Å². The number of imidazole rings is 1. The Labute approximate surface area is 161 Å². The fourth-order valence-electron chi connectivity index (χ4n) is 3.69. The lowest BCUT2D eigenvalue weighted by atomic mass is 10.1. The molecule has 10 heteroatoms. The van der Waals surface area contributed by atoms with E-state index in [-0.39, 0.29) is 0 Å². The summed E-state index contributed by atoms with van der Waals surface area (Å²) in [6, 6.07) is 0. The molecule has 0 radical (unpaired) electrons. The number of hydrogen-bond acceptors (Lipinski definition) is 7. The van der Waals surface area contributed by atoms with Crippen LogP contribution < -0.4 is 11.2 Å². The van der Waals surface area contributed by atoms with Crippen molar-refractivity contribution in [3.8, 4) is 0 Å². The molecule has 4 heterocycles. The number of rotatable bonds is 7. The quantitative estimate of drug-likeness (QED) is 0.626. The second kappa shape index (κ2) is 8.09. The molecule has 0 aliphatic carbocycles. The molecule has 3 aromatic heterocycles. The van der Waals surface area contributed by atoms with Crippen LogP contribution in [0.5, 0.6) is 0 Å². The van der Waals surface area contributed by atoms with Gasteiger partial charge in [0.25, 0.3) is 5.56 Å². The average molecular weight is 387 g/mol. The Hall–Kier alpha value is -2.75. The van der Waals surface area contributed by atoms with Gasteiger partial charge in [-0.2, -0.15) is 4.98 Å². The van der Waals surface area contributed by atoms with Crippen LogP contribution in [-0.4, -0.2) is 53.8 Å². The normalized spacial score (nSPS) is 15.5. The maximum Gasteiger partial charge on any atom is 0.329 e. The fraction of sp³-hybridized carbons (Fsp3) is 0.611. The topological polar surface area (TPSA) is 115 Å². The summed E-state index contributed by atoms with van der Waals surface area (Å²) in [6.45, 7) is 3.86. The lowest BCUT2D eigenvalue weighted by Gasteiger charge is -2.25. The van der Waals surface area contributed by atoms with Crippen LogP contribution in [0.2, 0.25) is 0 Å². The first-order chi connectivity index (χ1) is 13.6. The minimum absolute atomic E-state index is 0.383. The monoisotopic (exact) mass is 387 g/mol. The van der Waals surface area contributed by atoms with Crippen LogP contribution >= 0.6 is 0 Å². The molecule has 0 atom stereocenters. The van der Waals surface area contributed by atoms with Gasteiger partial charge in [0.05, 0.1) is 6.33 Å². The summed E-state index contributed by atoms with van der Waals surface area (Å²) < 4.78 is 8.45. The summed E-state index contributed by atoms with van der Waals surface area (Å²) in [7, 11) is 1.59. The van der Waals surface area contributed by atoms with Crippen molar-refractivity contribution >= 4 is 11.2 Å². The van der Waals surface area contributed by atoms with Crippen molar-refractivity contribution < 1.29 is 4.52 Å². The van der Waals surface area contributed by atoms with E-state index in [1.807, 2.05) is 0 Å². The van der Waals surface area contributed by atoms with E-state index in [0.29, 0.717) is 35.8 Å². The van der Waals surface area contributed by atoms with E-state index in [0.717, 1.165) is 32.5 Å². The molecule has 10 nitrogen and oxygen atoms in total. The standard InChI is InChI=1S/C18H25N7O3/c1-23-16-15(17(26)21-18(23)27)25(12-19-16)10-5-6-13-20-14(28-22-13)7-11-24-8-3-2-4-9-24/h12H,2-11H2,1H3,(H,21,26,27). The molecule has 1 saturated heterocycles. The van der Waals surface area contributed by atoms with E-state index in [1.165, 1.54) is 23.8 Å². The molecule has 4 rings (SSSR count). The molecule has 1 aliphatic rings. The molecule has 0 aromatic carbocycles. The smallest absolute Gasteiger partial charge is 0.329 e. The third-order valence-electron chi connectivity index (χ3n) is 5.28. The molecule has 28 heavy (non-hydrogen) atoms. The van der Waals surface area contributed by atoms with Gasteiger partial charge in [-0.3, -0.25) is 14.3 Å². The number of nitrogens with one attached hydrogen (secondary N) is 1. The summed E-state index contributed by atoms with van der Waals surface area (Å²) in [6.07, 6.45) is 7.62. The van der Waals surface area contributed by atoms with Crippen LogP contribution in [-0.2, 0) is 26.4 Å². The summed E-state index contributed by atoms with van der Waals surface area (Å²) >= 11 is 0. The number of aromatic amines is 1. The lowest BCUT2D eigenvalue weighted by Crippen LogP contribution is -2.31. The van der Waals surface area contributed by atoms with Gasteiger partial charge < -0.3 is 14.0 Å². The number of aromatic nitrogens is 6. The highest BCUT2D eigenvalue weighted by molar-refractivity contribution is 5.69. The van der Waals surface area contributed by atoms with Crippen LogP contribution in [0.1, 0.15) is 37.4 Å². The first kappa shape index (κ1) is 18.6. The van der Waals surface area contributed by atoms with E-state index < -0.39 is 11.2 Å². The average Bonchev–Trinajstić information content (AvgIpc) is 3.33. The second-order valence-electron chi connectivity index (χ2n) is 7.29. The van der Waals surface area contributed by atoms with Gasteiger partial charge in [-0.15, -0.1) is 0 Å². The Morgan fingerprint density at radius 2 is 1.96 bits per heavy atom.